The summed E-state index contributed by atoms with van der Waals surface area (Å²) < 4.78 is 8.55. The van der Waals surface area contributed by atoms with Gasteiger partial charge in [0, 0.05) is 60.6 Å². The zero-order valence-corrected chi connectivity index (χ0v) is 26.7. The Labute approximate surface area is 267 Å². The number of ether oxygens (including phenoxy) is 1. The maximum atomic E-state index is 12.7. The first-order chi connectivity index (χ1) is 22.1. The number of aromatic hydroxyl groups is 1. The van der Waals surface area contributed by atoms with Crippen LogP contribution in [-0.2, 0) is 11.8 Å². The number of likely N-dealkylation sites (tertiary alicyclic amines) is 1. The van der Waals surface area contributed by atoms with Crippen molar-refractivity contribution in [2.24, 2.45) is 5.92 Å². The first-order valence-corrected chi connectivity index (χ1v) is 15.9. The number of rotatable bonds is 5. The molecule has 4 aromatic rings. The van der Waals surface area contributed by atoms with Crippen molar-refractivity contribution in [3.05, 3.63) is 94.5 Å². The van der Waals surface area contributed by atoms with Crippen LogP contribution in [0.15, 0.2) is 61.0 Å². The minimum atomic E-state index is -0.997. The number of aliphatic hydroxyl groups excluding tert-OH is 1. The number of phenolic OH excluding ortho intramolecular Hbond substituents is 1. The van der Waals surface area contributed by atoms with E-state index >= 15 is 0 Å². The Kier molecular flexibility index (Phi) is 6.24. The van der Waals surface area contributed by atoms with Crippen LogP contribution in [0.25, 0.3) is 22.2 Å². The summed E-state index contributed by atoms with van der Waals surface area (Å²) in [6.07, 6.45) is 10.1. The predicted molar refractivity (Wildman–Crippen MR) is 177 cm³/mol. The number of pyridine rings is 2. The zero-order valence-electron chi connectivity index (χ0n) is 26.7. The van der Waals surface area contributed by atoms with Gasteiger partial charge in [0.15, 0.2) is 11.5 Å². The first-order valence-electron chi connectivity index (χ1n) is 15.9. The van der Waals surface area contributed by atoms with Crippen LogP contribution in [0, 0.1) is 12.8 Å². The second-order valence-corrected chi connectivity index (χ2v) is 13.4. The Balaban J connectivity index is 1.39. The molecule has 3 N–H and O–H groups in total. The molecule has 0 amide bonds. The van der Waals surface area contributed by atoms with Gasteiger partial charge in [0.1, 0.15) is 18.0 Å². The fraction of sp³-hybridized carbons (Fsp3) is 0.351. The van der Waals surface area contributed by atoms with Crippen LogP contribution in [0.4, 0.5) is 5.82 Å². The van der Waals surface area contributed by atoms with Gasteiger partial charge in [0.25, 0.3) is 0 Å². The highest BCUT2D eigenvalue weighted by molar-refractivity contribution is 5.97. The van der Waals surface area contributed by atoms with E-state index in [4.69, 9.17) is 4.74 Å². The fourth-order valence-corrected chi connectivity index (χ4v) is 8.95. The van der Waals surface area contributed by atoms with E-state index in [1.165, 1.54) is 0 Å². The number of carboxylic acids is 1. The minimum Gasteiger partial charge on any atom is -0.504 e. The Morgan fingerprint density at radius 2 is 1.98 bits per heavy atom. The number of likely N-dealkylation sites (N-methyl/N-ethyl adjacent to an activating group) is 1. The third kappa shape index (κ3) is 3.69. The summed E-state index contributed by atoms with van der Waals surface area (Å²) in [6, 6.07) is 9.70. The van der Waals surface area contributed by atoms with Gasteiger partial charge in [0.05, 0.1) is 16.8 Å². The average Bonchev–Trinajstić information content (AvgIpc) is 3.62. The van der Waals surface area contributed by atoms with Crippen LogP contribution in [-0.4, -0.2) is 81.5 Å². The third-order valence-electron chi connectivity index (χ3n) is 11.1. The standard InChI is InChI=1S/C37H38N4O5/c1-6-21(33-19(2)23(36(44)45)16-27-22(10-13-41(27)33)20-9-12-38-31(15-20)39(3)4)24-18-30(43)34-32-25(24)17-28-26-7-8-29(42)35(46-34)37(26,32)11-14-40(28)5/h6-10,12-13,15-16,18,26,28-29,35,42-43H,11,14,17H2,1-5H3,(H,44,45)/t26-,28+,29-,35-,37-/m0/s1. The molecule has 3 aromatic heterocycles. The van der Waals surface area contributed by atoms with Gasteiger partial charge in [0.2, 0.25) is 0 Å². The van der Waals surface area contributed by atoms with Gasteiger partial charge in [-0.2, -0.15) is 0 Å². The van der Waals surface area contributed by atoms with E-state index in [0.29, 0.717) is 11.3 Å². The second kappa shape index (κ2) is 9.95. The molecule has 2 aliphatic carbocycles. The highest BCUT2D eigenvalue weighted by atomic mass is 16.5. The van der Waals surface area contributed by atoms with E-state index in [2.05, 4.69) is 27.4 Å². The third-order valence-corrected chi connectivity index (χ3v) is 11.1. The van der Waals surface area contributed by atoms with Crippen LogP contribution in [0.2, 0.25) is 0 Å². The van der Waals surface area contributed by atoms with Crippen molar-refractivity contribution in [1.29, 1.82) is 0 Å². The Bertz CT molecular complexity index is 2030. The van der Waals surface area contributed by atoms with Crippen LogP contribution in [0.1, 0.15) is 51.7 Å². The molecule has 5 heterocycles. The first kappa shape index (κ1) is 28.8. The lowest BCUT2D eigenvalue weighted by atomic mass is 9.53. The van der Waals surface area contributed by atoms with Crippen molar-refractivity contribution in [3.63, 3.8) is 0 Å². The van der Waals surface area contributed by atoms with Gasteiger partial charge in [-0.1, -0.05) is 18.2 Å². The summed E-state index contributed by atoms with van der Waals surface area (Å²) in [7, 11) is 6.04. The normalized spacial score (nSPS) is 26.3. The number of hydrogen-bond donors (Lipinski definition) is 3. The van der Waals surface area contributed by atoms with Gasteiger partial charge in [-0.3, -0.25) is 0 Å². The number of carbonyl (C=O) groups is 1. The molecular formula is C37H38N4O5. The Morgan fingerprint density at radius 1 is 1.17 bits per heavy atom. The Morgan fingerprint density at radius 3 is 2.72 bits per heavy atom. The van der Waals surface area contributed by atoms with Crippen molar-refractivity contribution in [2.45, 2.75) is 50.4 Å². The lowest BCUT2D eigenvalue weighted by Crippen LogP contribution is -2.64. The van der Waals surface area contributed by atoms with E-state index < -0.39 is 23.6 Å². The number of carboxylic acid groups (broad SMARTS) is 1. The van der Waals surface area contributed by atoms with Crippen molar-refractivity contribution >= 4 is 22.9 Å². The largest absolute Gasteiger partial charge is 0.504 e. The number of piperidine rings is 1. The number of fused-ring (bicyclic) bond motifs is 1. The number of hydrogen-bond acceptors (Lipinski definition) is 7. The van der Waals surface area contributed by atoms with E-state index in [1.807, 2.05) is 69.4 Å². The lowest BCUT2D eigenvalue weighted by Gasteiger charge is -2.56. The molecule has 236 valence electrons. The summed E-state index contributed by atoms with van der Waals surface area (Å²) in [5, 5.41) is 33.2. The quantitative estimate of drug-likeness (QED) is 0.267. The number of aromatic nitrogens is 2. The van der Waals surface area contributed by atoms with Gasteiger partial charge in [-0.15, -0.1) is 0 Å². The lowest BCUT2D eigenvalue weighted by molar-refractivity contribution is -0.0453. The average molecular weight is 619 g/mol. The van der Waals surface area contributed by atoms with Gasteiger partial charge < -0.3 is 34.3 Å². The molecule has 9 nitrogen and oxygen atoms in total. The topological polar surface area (TPSA) is 111 Å². The highest BCUT2D eigenvalue weighted by Crippen LogP contribution is 2.63. The molecule has 4 aliphatic rings. The van der Waals surface area contributed by atoms with E-state index in [0.717, 1.165) is 69.8 Å². The second-order valence-electron chi connectivity index (χ2n) is 13.4. The van der Waals surface area contributed by atoms with Crippen LogP contribution >= 0.6 is 0 Å². The van der Waals surface area contributed by atoms with Gasteiger partial charge in [-0.25, -0.2) is 9.78 Å². The molecule has 1 spiro atoms. The maximum absolute atomic E-state index is 12.7. The van der Waals surface area contributed by atoms with Crippen molar-refractivity contribution in [3.8, 4) is 22.6 Å². The molecule has 0 unspecified atom stereocenters. The molecule has 2 aliphatic heterocycles. The van der Waals surface area contributed by atoms with Gasteiger partial charge in [-0.05, 0) is 92.9 Å². The van der Waals surface area contributed by atoms with Crippen molar-refractivity contribution < 1.29 is 24.9 Å². The van der Waals surface area contributed by atoms with Crippen molar-refractivity contribution in [1.82, 2.24) is 14.3 Å². The number of anilines is 1. The molecular weight excluding hydrogens is 580 g/mol. The molecule has 46 heavy (non-hydrogen) atoms. The van der Waals surface area contributed by atoms with E-state index in [1.54, 1.807) is 18.3 Å². The minimum absolute atomic E-state index is 0.0460. The van der Waals surface area contributed by atoms with Gasteiger partial charge >= 0.3 is 5.97 Å². The number of nitrogens with zero attached hydrogens (tertiary/aromatic N) is 4. The van der Waals surface area contributed by atoms with Crippen LogP contribution in [0.5, 0.6) is 11.5 Å². The number of aliphatic hydroxyl groups is 1. The van der Waals surface area contributed by atoms with E-state index in [-0.39, 0.29) is 23.3 Å². The molecule has 5 atom stereocenters. The Hall–Kier alpha value is -4.60. The smallest absolute Gasteiger partial charge is 0.336 e. The van der Waals surface area contributed by atoms with Crippen LogP contribution in [0.3, 0.4) is 0 Å². The summed E-state index contributed by atoms with van der Waals surface area (Å²) >= 11 is 0. The summed E-state index contributed by atoms with van der Waals surface area (Å²) in [4.78, 5) is 21.6. The molecule has 1 saturated heterocycles. The molecule has 1 aromatic carbocycles. The molecule has 9 heteroatoms. The summed E-state index contributed by atoms with van der Waals surface area (Å²) in [5.74, 6) is 0.488. The van der Waals surface area contributed by atoms with E-state index in [9.17, 15) is 20.1 Å². The van der Waals surface area contributed by atoms with Crippen molar-refractivity contribution in [2.75, 3.05) is 32.6 Å². The zero-order chi connectivity index (χ0) is 32.2. The molecule has 0 radical (unpaired) electrons. The number of benzene rings is 1. The highest BCUT2D eigenvalue weighted by Gasteiger charge is 2.64. The molecule has 2 bridgehead atoms. The molecule has 1 fully saturated rings. The number of phenols is 1. The maximum Gasteiger partial charge on any atom is 0.336 e. The monoisotopic (exact) mass is 618 g/mol. The van der Waals surface area contributed by atoms with Crippen LogP contribution < -0.4 is 9.64 Å². The molecule has 8 rings (SSSR count). The summed E-state index contributed by atoms with van der Waals surface area (Å²) in [5.41, 5.74) is 7.61. The number of aromatic carboxylic acids is 1. The molecule has 0 saturated carbocycles. The SMILES string of the molecule is CC=C(c1cc(O)c2c3c1C[C@@H]1[C@@H]4C=C[C@H](O)[C@H](O2)[C@]34CCN1C)c1c(C)c(C(=O)O)cc2c(-c3ccnc(N(C)C)c3)ccn12. The predicted octanol–water partition coefficient (Wildman–Crippen LogP) is 5.04. The number of allylic oxidation sites excluding steroid dienone is 1. The summed E-state index contributed by atoms with van der Waals surface area (Å²) in [6.45, 7) is 4.69. The fourth-order valence-electron chi connectivity index (χ4n) is 8.95.